The SMILES string of the molecule is FC1(c2ccccc2)CC1Nc1ncnc2c1nnn2C1CC1. The number of aromatic nitrogens is 5. The van der Waals surface area contributed by atoms with Gasteiger partial charge in [-0.1, -0.05) is 35.5 Å². The van der Waals surface area contributed by atoms with Crippen LogP contribution in [0.1, 0.15) is 30.9 Å². The molecule has 2 aliphatic carbocycles. The highest BCUT2D eigenvalue weighted by Gasteiger charge is 2.57. The summed E-state index contributed by atoms with van der Waals surface area (Å²) in [5.41, 5.74) is 0.686. The zero-order valence-corrected chi connectivity index (χ0v) is 12.4. The third-order valence-electron chi connectivity index (χ3n) is 4.61. The molecule has 1 N–H and O–H groups in total. The Balaban J connectivity index is 1.45. The van der Waals surface area contributed by atoms with Crippen LogP contribution in [0.5, 0.6) is 0 Å². The van der Waals surface area contributed by atoms with Gasteiger partial charge < -0.3 is 5.32 Å². The molecule has 0 bridgehead atoms. The van der Waals surface area contributed by atoms with Crippen LogP contribution in [0.3, 0.4) is 0 Å². The Labute approximate surface area is 131 Å². The number of anilines is 1. The van der Waals surface area contributed by atoms with Crippen LogP contribution in [0.4, 0.5) is 10.2 Å². The van der Waals surface area contributed by atoms with E-state index in [1.54, 1.807) is 0 Å². The molecule has 0 amide bonds. The molecule has 1 aromatic carbocycles. The van der Waals surface area contributed by atoms with Crippen molar-refractivity contribution in [3.8, 4) is 0 Å². The van der Waals surface area contributed by atoms with E-state index in [-0.39, 0.29) is 6.04 Å². The minimum absolute atomic E-state index is 0.297. The number of fused-ring (bicyclic) bond motifs is 1. The van der Waals surface area contributed by atoms with Gasteiger partial charge in [-0.2, -0.15) is 0 Å². The van der Waals surface area contributed by atoms with Gasteiger partial charge in [0.1, 0.15) is 6.33 Å². The molecule has 116 valence electrons. The summed E-state index contributed by atoms with van der Waals surface area (Å²) in [6, 6.07) is 9.34. The molecule has 5 rings (SSSR count). The summed E-state index contributed by atoms with van der Waals surface area (Å²) in [6.45, 7) is 0. The molecule has 0 radical (unpaired) electrons. The molecule has 3 aromatic rings. The van der Waals surface area contributed by atoms with Gasteiger partial charge in [0.25, 0.3) is 0 Å². The molecule has 2 heterocycles. The molecule has 7 heteroatoms. The van der Waals surface area contributed by atoms with E-state index in [9.17, 15) is 4.39 Å². The molecule has 2 aromatic heterocycles. The van der Waals surface area contributed by atoms with Crippen LogP contribution in [0, 0.1) is 0 Å². The maximum Gasteiger partial charge on any atom is 0.184 e. The molecule has 2 aliphatic rings. The van der Waals surface area contributed by atoms with Crippen molar-refractivity contribution in [1.29, 1.82) is 0 Å². The van der Waals surface area contributed by atoms with Crippen LogP contribution in [-0.2, 0) is 5.67 Å². The summed E-state index contributed by atoms with van der Waals surface area (Å²) in [4.78, 5) is 8.51. The average molecular weight is 310 g/mol. The number of hydrogen-bond acceptors (Lipinski definition) is 5. The van der Waals surface area contributed by atoms with Gasteiger partial charge in [-0.25, -0.2) is 19.0 Å². The maximum atomic E-state index is 15.0. The first-order valence-corrected chi connectivity index (χ1v) is 7.82. The zero-order chi connectivity index (χ0) is 15.4. The Bertz CT molecular complexity index is 875. The summed E-state index contributed by atoms with van der Waals surface area (Å²) in [7, 11) is 0. The quantitative estimate of drug-likeness (QED) is 0.802. The lowest BCUT2D eigenvalue weighted by Gasteiger charge is -2.10. The van der Waals surface area contributed by atoms with Crippen molar-refractivity contribution in [3.05, 3.63) is 42.2 Å². The van der Waals surface area contributed by atoms with Crippen LogP contribution in [0.2, 0.25) is 0 Å². The van der Waals surface area contributed by atoms with Gasteiger partial charge in [0, 0.05) is 6.42 Å². The van der Waals surface area contributed by atoms with Crippen molar-refractivity contribution < 1.29 is 4.39 Å². The lowest BCUT2D eigenvalue weighted by molar-refractivity contribution is 0.310. The summed E-state index contributed by atoms with van der Waals surface area (Å²) < 4.78 is 16.8. The van der Waals surface area contributed by atoms with Crippen molar-refractivity contribution in [2.75, 3.05) is 5.32 Å². The van der Waals surface area contributed by atoms with Crippen LogP contribution in [0.25, 0.3) is 11.2 Å². The van der Waals surface area contributed by atoms with Gasteiger partial charge in [-0.15, -0.1) is 5.10 Å². The zero-order valence-electron chi connectivity index (χ0n) is 12.4. The van der Waals surface area contributed by atoms with Crippen LogP contribution in [-0.4, -0.2) is 31.0 Å². The Hall–Kier alpha value is -2.57. The van der Waals surface area contributed by atoms with E-state index < -0.39 is 5.67 Å². The predicted octanol–water partition coefficient (Wildman–Crippen LogP) is 2.61. The van der Waals surface area contributed by atoms with E-state index in [2.05, 4.69) is 25.6 Å². The molecule has 0 spiro atoms. The van der Waals surface area contributed by atoms with E-state index in [4.69, 9.17) is 0 Å². The fourth-order valence-corrected chi connectivity index (χ4v) is 3.04. The standard InChI is InChI=1S/C16H15FN6/c17-16(10-4-2-1-3-5-10)8-12(16)20-14-13-15(19-9-18-14)23(22-21-13)11-6-7-11/h1-5,9,11-12H,6-8H2,(H,18,19,20). The van der Waals surface area contributed by atoms with Crippen molar-refractivity contribution in [3.63, 3.8) is 0 Å². The second kappa shape index (κ2) is 4.47. The topological polar surface area (TPSA) is 68.5 Å². The van der Waals surface area contributed by atoms with Crippen LogP contribution >= 0.6 is 0 Å². The molecule has 23 heavy (non-hydrogen) atoms. The van der Waals surface area contributed by atoms with E-state index in [1.807, 2.05) is 35.0 Å². The van der Waals surface area contributed by atoms with Crippen LogP contribution < -0.4 is 5.32 Å². The molecule has 2 unspecified atom stereocenters. The molecule has 0 saturated heterocycles. The third kappa shape index (κ3) is 1.99. The van der Waals surface area contributed by atoms with Crippen molar-refractivity contribution in [1.82, 2.24) is 25.0 Å². The Morgan fingerprint density at radius 3 is 2.78 bits per heavy atom. The van der Waals surface area contributed by atoms with Crippen molar-refractivity contribution in [2.45, 2.75) is 37.0 Å². The fraction of sp³-hybridized carbons (Fsp3) is 0.375. The van der Waals surface area contributed by atoms with Gasteiger partial charge in [0.15, 0.2) is 22.7 Å². The van der Waals surface area contributed by atoms with E-state index in [0.29, 0.717) is 29.4 Å². The number of benzene rings is 1. The van der Waals surface area contributed by atoms with E-state index in [0.717, 1.165) is 18.5 Å². The molecule has 2 fully saturated rings. The van der Waals surface area contributed by atoms with Gasteiger partial charge in [0.05, 0.1) is 12.1 Å². The summed E-state index contributed by atoms with van der Waals surface area (Å²) in [5.74, 6) is 0.558. The molecule has 6 nitrogen and oxygen atoms in total. The van der Waals surface area contributed by atoms with E-state index in [1.165, 1.54) is 6.33 Å². The molecule has 0 aliphatic heterocycles. The Morgan fingerprint density at radius 1 is 1.17 bits per heavy atom. The summed E-state index contributed by atoms with van der Waals surface area (Å²) >= 11 is 0. The van der Waals surface area contributed by atoms with Gasteiger partial charge in [0.2, 0.25) is 0 Å². The molecular weight excluding hydrogens is 295 g/mol. The lowest BCUT2D eigenvalue weighted by atomic mass is 10.1. The second-order valence-electron chi connectivity index (χ2n) is 6.29. The number of rotatable bonds is 4. The first-order chi connectivity index (χ1) is 11.3. The predicted molar refractivity (Wildman–Crippen MR) is 82.6 cm³/mol. The van der Waals surface area contributed by atoms with Gasteiger partial charge >= 0.3 is 0 Å². The number of hydrogen-bond donors (Lipinski definition) is 1. The molecule has 2 saturated carbocycles. The van der Waals surface area contributed by atoms with Crippen molar-refractivity contribution in [2.24, 2.45) is 0 Å². The minimum atomic E-state index is -1.34. The Kier molecular flexibility index (Phi) is 2.51. The highest BCUT2D eigenvalue weighted by atomic mass is 19.1. The largest absolute Gasteiger partial charge is 0.362 e. The molecule has 2 atom stereocenters. The molecular formula is C16H15FN6. The lowest BCUT2D eigenvalue weighted by Crippen LogP contribution is -2.14. The Morgan fingerprint density at radius 2 is 2.00 bits per heavy atom. The van der Waals surface area contributed by atoms with Crippen molar-refractivity contribution >= 4 is 17.0 Å². The third-order valence-corrected chi connectivity index (χ3v) is 4.61. The van der Waals surface area contributed by atoms with Gasteiger partial charge in [-0.05, 0) is 18.4 Å². The fourth-order valence-electron chi connectivity index (χ4n) is 3.04. The normalized spacial score (nSPS) is 26.4. The first-order valence-electron chi connectivity index (χ1n) is 7.82. The average Bonchev–Trinajstić information content (AvgIpc) is 3.49. The number of alkyl halides is 1. The first kappa shape index (κ1) is 12.9. The number of halogens is 1. The van der Waals surface area contributed by atoms with E-state index >= 15 is 0 Å². The van der Waals surface area contributed by atoms with Crippen LogP contribution in [0.15, 0.2) is 36.7 Å². The smallest absolute Gasteiger partial charge is 0.184 e. The summed E-state index contributed by atoms with van der Waals surface area (Å²) in [6.07, 6.45) is 4.13. The maximum absolute atomic E-state index is 15.0. The second-order valence-corrected chi connectivity index (χ2v) is 6.29. The summed E-state index contributed by atoms with van der Waals surface area (Å²) in [5, 5.41) is 11.5. The minimum Gasteiger partial charge on any atom is -0.362 e. The van der Waals surface area contributed by atoms with Gasteiger partial charge in [-0.3, -0.25) is 0 Å². The monoisotopic (exact) mass is 310 g/mol. The highest BCUT2D eigenvalue weighted by molar-refractivity contribution is 5.82. The number of nitrogens with one attached hydrogen (secondary N) is 1. The highest BCUT2D eigenvalue weighted by Crippen LogP contribution is 2.51. The number of nitrogens with zero attached hydrogens (tertiary/aromatic N) is 5.